The average Bonchev–Trinajstić information content (AvgIpc) is 3.63. The molecule has 2 aliphatic carbocycles. The Labute approximate surface area is 305 Å². The van der Waals surface area contributed by atoms with E-state index in [9.17, 15) is 10.5 Å². The zero-order valence-electron chi connectivity index (χ0n) is 29.4. The summed E-state index contributed by atoms with van der Waals surface area (Å²) in [6.45, 7) is 6.35. The molecule has 9 rings (SSSR count). The molecule has 0 bridgehead atoms. The molecule has 0 N–H and O–H groups in total. The van der Waals surface area contributed by atoms with E-state index in [0.29, 0.717) is 11.1 Å². The highest BCUT2D eigenvalue weighted by Gasteiger charge is 2.52. The second-order valence-electron chi connectivity index (χ2n) is 14.3. The maximum atomic E-state index is 10.2. The Morgan fingerprint density at radius 1 is 0.423 bits per heavy atom. The molecule has 1 spiro atoms. The number of hydrogen-bond acceptors (Lipinski definition) is 3. The molecule has 0 aromatic heterocycles. The molecule has 7 aromatic carbocycles. The average molecular weight is 666 g/mol. The van der Waals surface area contributed by atoms with Crippen LogP contribution in [0.4, 0.5) is 17.1 Å². The highest BCUT2D eigenvalue weighted by Crippen LogP contribution is 2.63. The smallest absolute Gasteiger partial charge is 0.0991 e. The van der Waals surface area contributed by atoms with Crippen molar-refractivity contribution in [2.24, 2.45) is 0 Å². The van der Waals surface area contributed by atoms with Crippen molar-refractivity contribution >= 4 is 17.1 Å². The van der Waals surface area contributed by atoms with Crippen molar-refractivity contribution in [2.45, 2.75) is 32.6 Å². The number of benzene rings is 7. The first-order valence-corrected chi connectivity index (χ1v) is 17.7. The van der Waals surface area contributed by atoms with Crippen LogP contribution >= 0.6 is 0 Å². The van der Waals surface area contributed by atoms with E-state index in [4.69, 9.17) is 0 Å². The summed E-state index contributed by atoms with van der Waals surface area (Å²) in [6, 6.07) is 56.9. The molecule has 0 aliphatic heterocycles. The van der Waals surface area contributed by atoms with Crippen molar-refractivity contribution in [3.63, 3.8) is 0 Å². The van der Waals surface area contributed by atoms with E-state index < -0.39 is 5.41 Å². The molecule has 0 saturated heterocycles. The maximum Gasteiger partial charge on any atom is 0.0991 e. The number of nitriles is 2. The largest absolute Gasteiger partial charge is 0.310 e. The van der Waals surface area contributed by atoms with Crippen LogP contribution in [0.1, 0.15) is 61.2 Å². The molecule has 52 heavy (non-hydrogen) atoms. The topological polar surface area (TPSA) is 50.8 Å². The molecule has 3 heteroatoms. The van der Waals surface area contributed by atoms with Gasteiger partial charge in [-0.1, -0.05) is 102 Å². The van der Waals surface area contributed by atoms with Crippen LogP contribution in [0.25, 0.3) is 22.3 Å². The van der Waals surface area contributed by atoms with Gasteiger partial charge >= 0.3 is 0 Å². The van der Waals surface area contributed by atoms with Gasteiger partial charge in [0.15, 0.2) is 0 Å². The van der Waals surface area contributed by atoms with Crippen LogP contribution in [0.5, 0.6) is 0 Å². The molecule has 3 nitrogen and oxygen atoms in total. The summed E-state index contributed by atoms with van der Waals surface area (Å²) in [5.74, 6) is 0. The molecule has 7 aromatic rings. The third-order valence-corrected chi connectivity index (χ3v) is 11.0. The van der Waals surface area contributed by atoms with Crippen LogP contribution in [0.3, 0.4) is 0 Å². The summed E-state index contributed by atoms with van der Waals surface area (Å²) in [7, 11) is 0. The molecule has 0 fully saturated rings. The van der Waals surface area contributed by atoms with Crippen LogP contribution in [-0.2, 0) is 11.8 Å². The van der Waals surface area contributed by atoms with Crippen molar-refractivity contribution in [2.75, 3.05) is 4.90 Å². The van der Waals surface area contributed by atoms with E-state index in [0.717, 1.165) is 56.9 Å². The lowest BCUT2D eigenvalue weighted by Gasteiger charge is -2.32. The zero-order chi connectivity index (χ0) is 35.6. The first-order valence-electron chi connectivity index (χ1n) is 17.7. The molecule has 2 aliphatic rings. The van der Waals surface area contributed by atoms with Crippen LogP contribution < -0.4 is 4.90 Å². The lowest BCUT2D eigenvalue weighted by molar-refractivity contribution is 0.791. The van der Waals surface area contributed by atoms with Crippen molar-refractivity contribution in [3.05, 3.63) is 207 Å². The van der Waals surface area contributed by atoms with E-state index >= 15 is 0 Å². The van der Waals surface area contributed by atoms with Gasteiger partial charge in [-0.05, 0) is 143 Å². The van der Waals surface area contributed by atoms with Crippen LogP contribution in [0.15, 0.2) is 146 Å². The highest BCUT2D eigenvalue weighted by atomic mass is 15.1. The summed E-state index contributed by atoms with van der Waals surface area (Å²) in [4.78, 5) is 2.33. The summed E-state index contributed by atoms with van der Waals surface area (Å²) in [6.07, 6.45) is 0.802. The zero-order valence-corrected chi connectivity index (χ0v) is 29.4. The van der Waals surface area contributed by atoms with Gasteiger partial charge in [0.2, 0.25) is 0 Å². The fourth-order valence-corrected chi connectivity index (χ4v) is 8.43. The normalized spacial score (nSPS) is 12.7. The molecule has 0 amide bonds. The fraction of sp³-hybridized carbons (Fsp3) is 0.102. The van der Waals surface area contributed by atoms with Gasteiger partial charge in [0.05, 0.1) is 28.7 Å². The third-order valence-electron chi connectivity index (χ3n) is 11.0. The van der Waals surface area contributed by atoms with E-state index in [1.165, 1.54) is 38.9 Å². The van der Waals surface area contributed by atoms with Crippen LogP contribution in [-0.4, -0.2) is 0 Å². The van der Waals surface area contributed by atoms with Gasteiger partial charge < -0.3 is 4.90 Å². The van der Waals surface area contributed by atoms with Crippen molar-refractivity contribution in [1.29, 1.82) is 10.5 Å². The molecule has 0 heterocycles. The van der Waals surface area contributed by atoms with Crippen molar-refractivity contribution in [1.82, 2.24) is 0 Å². The molecule has 0 atom stereocenters. The highest BCUT2D eigenvalue weighted by molar-refractivity contribution is 5.97. The van der Waals surface area contributed by atoms with Crippen molar-refractivity contribution in [3.8, 4) is 34.4 Å². The van der Waals surface area contributed by atoms with Gasteiger partial charge in [0.25, 0.3) is 0 Å². The van der Waals surface area contributed by atoms with Gasteiger partial charge in [-0.3, -0.25) is 0 Å². The van der Waals surface area contributed by atoms with Crippen LogP contribution in [0, 0.1) is 43.4 Å². The molecule has 0 unspecified atom stereocenters. The minimum absolute atomic E-state index is 0.620. The van der Waals surface area contributed by atoms with Crippen LogP contribution in [0.2, 0.25) is 0 Å². The standard InChI is InChI=1S/C49H35N3/c1-31-4-10-34(11-5-31)24-35-12-20-41-44-23-19-40(52(38-15-6-32(2)7-16-38)39-17-8-33(3)9-18-39)28-48(44)49(45(41)25-35)46-26-36(29-50)13-21-42(46)43-22-14-37(30-51)27-47(43)49/h4-23,25-28H,24H2,1-3H3. The SMILES string of the molecule is Cc1ccc(Cc2ccc3c(c2)C2(c4cc(C#N)ccc4-c4ccc(C#N)cc42)c2cc(N(c4ccc(C)cc4)c4ccc(C)cc4)ccc2-3)cc1. The van der Waals surface area contributed by atoms with Gasteiger partial charge in [-0.2, -0.15) is 10.5 Å². The molecular weight excluding hydrogens is 631 g/mol. The summed E-state index contributed by atoms with van der Waals surface area (Å²) in [5, 5.41) is 20.5. The van der Waals surface area contributed by atoms with E-state index in [1.807, 2.05) is 12.1 Å². The van der Waals surface area contributed by atoms with Gasteiger partial charge in [0, 0.05) is 17.1 Å². The number of aryl methyl sites for hydroxylation is 3. The summed E-state index contributed by atoms with van der Waals surface area (Å²) >= 11 is 0. The van der Waals surface area contributed by atoms with Gasteiger partial charge in [0.1, 0.15) is 0 Å². The lowest BCUT2D eigenvalue weighted by Crippen LogP contribution is -2.26. The number of hydrogen-bond donors (Lipinski definition) is 0. The number of anilines is 3. The van der Waals surface area contributed by atoms with Gasteiger partial charge in [-0.15, -0.1) is 0 Å². The first kappa shape index (κ1) is 31.3. The lowest BCUT2D eigenvalue weighted by atomic mass is 9.69. The van der Waals surface area contributed by atoms with Gasteiger partial charge in [-0.25, -0.2) is 0 Å². The minimum atomic E-state index is -0.736. The molecular formula is C49H35N3. The maximum absolute atomic E-state index is 10.2. The fourth-order valence-electron chi connectivity index (χ4n) is 8.43. The van der Waals surface area contributed by atoms with E-state index in [-0.39, 0.29) is 0 Å². The Balaban J connectivity index is 1.34. The summed E-state index contributed by atoms with van der Waals surface area (Å²) < 4.78 is 0. The predicted octanol–water partition coefficient (Wildman–Crippen LogP) is 11.8. The minimum Gasteiger partial charge on any atom is -0.310 e. The molecule has 0 saturated carbocycles. The second kappa shape index (κ2) is 12.0. The number of nitrogens with zero attached hydrogens (tertiary/aromatic N) is 3. The quantitative estimate of drug-likeness (QED) is 0.184. The Hall–Kier alpha value is -6.68. The third kappa shape index (κ3) is 4.79. The van der Waals surface area contributed by atoms with Crippen molar-refractivity contribution < 1.29 is 0 Å². The molecule has 0 radical (unpaired) electrons. The molecule has 246 valence electrons. The first-order chi connectivity index (χ1) is 25.4. The Morgan fingerprint density at radius 2 is 0.808 bits per heavy atom. The monoisotopic (exact) mass is 665 g/mol. The Bertz CT molecular complexity index is 2520. The second-order valence-corrected chi connectivity index (χ2v) is 14.3. The Kier molecular flexibility index (Phi) is 7.21. The van der Waals surface area contributed by atoms with E-state index in [2.05, 4.69) is 171 Å². The summed E-state index contributed by atoms with van der Waals surface area (Å²) in [5.41, 5.74) is 18.9. The number of fused-ring (bicyclic) bond motifs is 10. The number of rotatable bonds is 5. The predicted molar refractivity (Wildman–Crippen MR) is 210 cm³/mol. The Morgan fingerprint density at radius 3 is 1.31 bits per heavy atom. The van der Waals surface area contributed by atoms with E-state index in [1.54, 1.807) is 0 Å².